The van der Waals surface area contributed by atoms with Crippen LogP contribution in [0.5, 0.6) is 0 Å². The molecule has 1 fully saturated rings. The van der Waals surface area contributed by atoms with E-state index >= 15 is 0 Å². The number of rotatable bonds is 2. The van der Waals surface area contributed by atoms with Crippen LogP contribution in [0.25, 0.3) is 0 Å². The lowest BCUT2D eigenvalue weighted by Crippen LogP contribution is -2.29. The molecule has 0 N–H and O–H groups in total. The third-order valence-electron chi connectivity index (χ3n) is 3.81. The molecular formula is C18H20O2. The van der Waals surface area contributed by atoms with Crippen LogP contribution in [0.1, 0.15) is 38.0 Å². The van der Waals surface area contributed by atoms with Gasteiger partial charge in [0.05, 0.1) is 0 Å². The monoisotopic (exact) mass is 268 g/mol. The van der Waals surface area contributed by atoms with E-state index in [2.05, 4.69) is 31.2 Å². The second kappa shape index (κ2) is 4.72. The van der Waals surface area contributed by atoms with Crippen molar-refractivity contribution < 1.29 is 9.47 Å². The standard InChI is InChI=1S/C18H20O2/c1-17(2)19-16(14-10-6-4-7-11-14)18(3,20-17)15-12-8-5-9-13-15/h4-13,16H,1-3H3/t16-,18-/m1/s1. The predicted octanol–water partition coefficient (Wildman–Crippen LogP) is 4.43. The summed E-state index contributed by atoms with van der Waals surface area (Å²) in [5.74, 6) is -0.592. The van der Waals surface area contributed by atoms with Crippen molar-refractivity contribution in [2.24, 2.45) is 0 Å². The van der Waals surface area contributed by atoms with Crippen LogP contribution in [0.4, 0.5) is 0 Å². The molecule has 2 atom stereocenters. The van der Waals surface area contributed by atoms with E-state index in [1.807, 2.05) is 50.2 Å². The first-order chi connectivity index (χ1) is 9.51. The zero-order chi connectivity index (χ0) is 14.2. The third kappa shape index (κ3) is 2.26. The molecule has 0 saturated carbocycles. The molecule has 20 heavy (non-hydrogen) atoms. The molecule has 0 aromatic heterocycles. The Balaban J connectivity index is 2.07. The number of hydrogen-bond acceptors (Lipinski definition) is 2. The van der Waals surface area contributed by atoms with E-state index in [0.29, 0.717) is 0 Å². The molecule has 0 amide bonds. The molecule has 1 heterocycles. The molecule has 3 rings (SSSR count). The molecule has 1 saturated heterocycles. The van der Waals surface area contributed by atoms with E-state index in [1.54, 1.807) is 0 Å². The van der Waals surface area contributed by atoms with E-state index in [4.69, 9.17) is 9.47 Å². The molecule has 0 aliphatic carbocycles. The largest absolute Gasteiger partial charge is 0.339 e. The smallest absolute Gasteiger partial charge is 0.165 e. The second-order valence-corrected chi connectivity index (χ2v) is 5.88. The summed E-state index contributed by atoms with van der Waals surface area (Å²) in [6.07, 6.45) is -0.110. The highest BCUT2D eigenvalue weighted by molar-refractivity contribution is 5.30. The van der Waals surface area contributed by atoms with Crippen LogP contribution in [-0.4, -0.2) is 5.79 Å². The molecule has 1 aliphatic heterocycles. The van der Waals surface area contributed by atoms with Gasteiger partial charge in [-0.1, -0.05) is 60.7 Å². The molecule has 2 nitrogen and oxygen atoms in total. The van der Waals surface area contributed by atoms with Gasteiger partial charge in [0.25, 0.3) is 0 Å². The Morgan fingerprint density at radius 3 is 1.95 bits per heavy atom. The van der Waals surface area contributed by atoms with E-state index in [9.17, 15) is 0 Å². The molecule has 104 valence electrons. The van der Waals surface area contributed by atoms with Crippen molar-refractivity contribution in [3.8, 4) is 0 Å². The maximum Gasteiger partial charge on any atom is 0.165 e. The molecule has 1 aliphatic rings. The molecule has 2 aromatic carbocycles. The van der Waals surface area contributed by atoms with Crippen molar-refractivity contribution in [2.75, 3.05) is 0 Å². The van der Waals surface area contributed by atoms with Crippen molar-refractivity contribution >= 4 is 0 Å². The highest BCUT2D eigenvalue weighted by Crippen LogP contribution is 2.51. The van der Waals surface area contributed by atoms with Gasteiger partial charge in [0.1, 0.15) is 11.7 Å². The topological polar surface area (TPSA) is 18.5 Å². The van der Waals surface area contributed by atoms with Gasteiger partial charge < -0.3 is 9.47 Å². The lowest BCUT2D eigenvalue weighted by molar-refractivity contribution is -0.162. The summed E-state index contributed by atoms with van der Waals surface area (Å²) < 4.78 is 12.4. The molecule has 2 aromatic rings. The van der Waals surface area contributed by atoms with Crippen LogP contribution >= 0.6 is 0 Å². The van der Waals surface area contributed by atoms with Crippen molar-refractivity contribution in [1.29, 1.82) is 0 Å². The van der Waals surface area contributed by atoms with Gasteiger partial charge in [-0.2, -0.15) is 0 Å². The molecule has 0 radical (unpaired) electrons. The van der Waals surface area contributed by atoms with Crippen molar-refractivity contribution in [3.63, 3.8) is 0 Å². The molecule has 0 spiro atoms. The minimum Gasteiger partial charge on any atom is -0.339 e. The average Bonchev–Trinajstić information content (AvgIpc) is 2.72. The highest BCUT2D eigenvalue weighted by Gasteiger charge is 2.51. The van der Waals surface area contributed by atoms with Gasteiger partial charge in [0.2, 0.25) is 0 Å². The third-order valence-corrected chi connectivity index (χ3v) is 3.81. The average molecular weight is 268 g/mol. The molecule has 0 bridgehead atoms. The fraction of sp³-hybridized carbons (Fsp3) is 0.333. The van der Waals surface area contributed by atoms with Crippen LogP contribution < -0.4 is 0 Å². The van der Waals surface area contributed by atoms with Crippen LogP contribution in [0, 0.1) is 0 Å². The fourth-order valence-electron chi connectivity index (χ4n) is 2.98. The van der Waals surface area contributed by atoms with E-state index in [-0.39, 0.29) is 6.10 Å². The van der Waals surface area contributed by atoms with Crippen LogP contribution in [0.3, 0.4) is 0 Å². The van der Waals surface area contributed by atoms with Gasteiger partial charge >= 0.3 is 0 Å². The SMILES string of the molecule is CC1(C)O[C@H](c2ccccc2)[C@@](C)(c2ccccc2)O1. The summed E-state index contributed by atoms with van der Waals surface area (Å²) >= 11 is 0. The summed E-state index contributed by atoms with van der Waals surface area (Å²) in [6, 6.07) is 20.6. The summed E-state index contributed by atoms with van der Waals surface area (Å²) in [6.45, 7) is 6.04. The number of hydrogen-bond donors (Lipinski definition) is 0. The van der Waals surface area contributed by atoms with Gasteiger partial charge in [-0.15, -0.1) is 0 Å². The Morgan fingerprint density at radius 1 is 0.800 bits per heavy atom. The summed E-state index contributed by atoms with van der Waals surface area (Å²) in [5.41, 5.74) is 1.80. The molecule has 0 unspecified atom stereocenters. The second-order valence-electron chi connectivity index (χ2n) is 5.88. The first kappa shape index (κ1) is 13.3. The van der Waals surface area contributed by atoms with Crippen molar-refractivity contribution in [3.05, 3.63) is 71.8 Å². The first-order valence-electron chi connectivity index (χ1n) is 7.00. The normalized spacial score (nSPS) is 28.4. The Kier molecular flexibility index (Phi) is 3.15. The lowest BCUT2D eigenvalue weighted by atomic mass is 9.86. The maximum absolute atomic E-state index is 6.27. The lowest BCUT2D eigenvalue weighted by Gasteiger charge is -2.29. The molecule has 2 heteroatoms. The van der Waals surface area contributed by atoms with Crippen LogP contribution in [-0.2, 0) is 15.1 Å². The fourth-order valence-corrected chi connectivity index (χ4v) is 2.98. The van der Waals surface area contributed by atoms with E-state index < -0.39 is 11.4 Å². The van der Waals surface area contributed by atoms with Gasteiger partial charge in [-0.3, -0.25) is 0 Å². The zero-order valence-corrected chi connectivity index (χ0v) is 12.2. The summed E-state index contributed by atoms with van der Waals surface area (Å²) in [4.78, 5) is 0. The van der Waals surface area contributed by atoms with Crippen LogP contribution in [0.15, 0.2) is 60.7 Å². The zero-order valence-electron chi connectivity index (χ0n) is 12.2. The Bertz CT molecular complexity index is 577. The van der Waals surface area contributed by atoms with Crippen molar-refractivity contribution in [1.82, 2.24) is 0 Å². The van der Waals surface area contributed by atoms with Gasteiger partial charge in [-0.05, 0) is 31.9 Å². The van der Waals surface area contributed by atoms with Crippen molar-refractivity contribution in [2.45, 2.75) is 38.3 Å². The van der Waals surface area contributed by atoms with E-state index in [1.165, 1.54) is 0 Å². The van der Waals surface area contributed by atoms with Gasteiger partial charge in [-0.25, -0.2) is 0 Å². The molecular weight excluding hydrogens is 248 g/mol. The maximum atomic E-state index is 6.27. The highest BCUT2D eigenvalue weighted by atomic mass is 16.8. The minimum atomic E-state index is -0.592. The Labute approximate surface area is 120 Å². The van der Waals surface area contributed by atoms with Gasteiger partial charge in [0.15, 0.2) is 5.79 Å². The van der Waals surface area contributed by atoms with Crippen LogP contribution in [0.2, 0.25) is 0 Å². The minimum absolute atomic E-state index is 0.110. The van der Waals surface area contributed by atoms with Gasteiger partial charge in [0, 0.05) is 0 Å². The number of ether oxygens (including phenoxy) is 2. The Morgan fingerprint density at radius 2 is 1.35 bits per heavy atom. The first-order valence-corrected chi connectivity index (χ1v) is 7.00. The summed E-state index contributed by atoms with van der Waals surface area (Å²) in [5, 5.41) is 0. The number of benzene rings is 2. The Hall–Kier alpha value is -1.64. The quantitative estimate of drug-likeness (QED) is 0.802. The summed E-state index contributed by atoms with van der Waals surface area (Å²) in [7, 11) is 0. The van der Waals surface area contributed by atoms with E-state index in [0.717, 1.165) is 11.1 Å². The predicted molar refractivity (Wildman–Crippen MR) is 79.2 cm³/mol.